The Morgan fingerprint density at radius 3 is 3.00 bits per heavy atom. The second-order valence-electron chi connectivity index (χ2n) is 6.36. The molecule has 1 aliphatic heterocycles. The lowest BCUT2D eigenvalue weighted by atomic mass is 10.0. The standard InChI is InChI=1S/C19H21N3O2S2/c1-12-21-9-13(25-12)10-22-7-8-24-15(11-22)17-14-5-3-4-6-16(14)26-18(17)19(23)20-2/h3-6,9,15H,7-8,10-11H2,1-2H3,(H,20,23)/t15-/m1/s1. The van der Waals surface area contributed by atoms with Crippen molar-refractivity contribution in [1.29, 1.82) is 0 Å². The van der Waals surface area contributed by atoms with Crippen molar-refractivity contribution in [1.82, 2.24) is 15.2 Å². The van der Waals surface area contributed by atoms with Crippen molar-refractivity contribution in [2.24, 2.45) is 0 Å². The topological polar surface area (TPSA) is 54.5 Å². The number of morpholine rings is 1. The van der Waals surface area contributed by atoms with E-state index in [1.807, 2.05) is 25.3 Å². The molecule has 1 amide bonds. The van der Waals surface area contributed by atoms with Crippen molar-refractivity contribution in [3.63, 3.8) is 0 Å². The molecule has 0 saturated carbocycles. The van der Waals surface area contributed by atoms with Crippen LogP contribution in [0.25, 0.3) is 10.1 Å². The first-order valence-electron chi connectivity index (χ1n) is 8.64. The van der Waals surface area contributed by atoms with Gasteiger partial charge >= 0.3 is 0 Å². The van der Waals surface area contributed by atoms with E-state index in [2.05, 4.69) is 27.3 Å². The van der Waals surface area contributed by atoms with Crippen LogP contribution < -0.4 is 5.32 Å². The highest BCUT2D eigenvalue weighted by Crippen LogP contribution is 2.38. The maximum absolute atomic E-state index is 12.4. The summed E-state index contributed by atoms with van der Waals surface area (Å²) in [6, 6.07) is 8.18. The van der Waals surface area contributed by atoms with Gasteiger partial charge in [-0.15, -0.1) is 22.7 Å². The number of aryl methyl sites for hydroxylation is 1. The van der Waals surface area contributed by atoms with Crippen LogP contribution in [0.4, 0.5) is 0 Å². The zero-order chi connectivity index (χ0) is 18.1. The quantitative estimate of drug-likeness (QED) is 0.743. The van der Waals surface area contributed by atoms with Crippen molar-refractivity contribution in [3.05, 3.63) is 50.8 Å². The van der Waals surface area contributed by atoms with E-state index in [9.17, 15) is 4.79 Å². The van der Waals surface area contributed by atoms with Gasteiger partial charge in [0.05, 0.1) is 22.6 Å². The minimum Gasteiger partial charge on any atom is -0.371 e. The number of carbonyl (C=O) groups is 1. The molecule has 1 aromatic carbocycles. The first-order chi connectivity index (χ1) is 12.7. The Bertz CT molecular complexity index is 934. The number of nitrogens with zero attached hydrogens (tertiary/aromatic N) is 2. The Labute approximate surface area is 160 Å². The summed E-state index contributed by atoms with van der Waals surface area (Å²) in [5.74, 6) is -0.0417. The molecule has 1 aliphatic rings. The summed E-state index contributed by atoms with van der Waals surface area (Å²) in [6.45, 7) is 5.25. The molecule has 0 spiro atoms. The monoisotopic (exact) mass is 387 g/mol. The van der Waals surface area contributed by atoms with E-state index in [1.165, 1.54) is 4.88 Å². The van der Waals surface area contributed by atoms with Crippen molar-refractivity contribution in [2.45, 2.75) is 19.6 Å². The minimum atomic E-state index is -0.0961. The number of thiophene rings is 1. The van der Waals surface area contributed by atoms with Gasteiger partial charge in [0, 0.05) is 48.0 Å². The fourth-order valence-corrected chi connectivity index (χ4v) is 5.42. The molecule has 0 radical (unpaired) electrons. The number of fused-ring (bicyclic) bond motifs is 1. The van der Waals surface area contributed by atoms with E-state index in [4.69, 9.17) is 4.74 Å². The molecule has 1 atom stereocenters. The number of ether oxygens (including phenoxy) is 1. The third-order valence-electron chi connectivity index (χ3n) is 4.59. The van der Waals surface area contributed by atoms with Crippen molar-refractivity contribution in [2.75, 3.05) is 26.7 Å². The van der Waals surface area contributed by atoms with Gasteiger partial charge in [0.25, 0.3) is 5.91 Å². The zero-order valence-corrected chi connectivity index (χ0v) is 16.5. The Kier molecular flexibility index (Phi) is 5.04. The molecule has 2 aromatic heterocycles. The molecule has 7 heteroatoms. The summed E-state index contributed by atoms with van der Waals surface area (Å²) >= 11 is 3.28. The lowest BCUT2D eigenvalue weighted by Gasteiger charge is -2.33. The first kappa shape index (κ1) is 17.6. The molecule has 1 fully saturated rings. The highest BCUT2D eigenvalue weighted by Gasteiger charge is 2.29. The Morgan fingerprint density at radius 1 is 1.38 bits per heavy atom. The molecule has 3 aromatic rings. The van der Waals surface area contributed by atoms with Crippen molar-refractivity contribution >= 4 is 38.7 Å². The maximum Gasteiger partial charge on any atom is 0.261 e. The highest BCUT2D eigenvalue weighted by molar-refractivity contribution is 7.21. The van der Waals surface area contributed by atoms with E-state index in [1.54, 1.807) is 29.7 Å². The van der Waals surface area contributed by atoms with Gasteiger partial charge in [-0.2, -0.15) is 0 Å². The van der Waals surface area contributed by atoms with Crippen LogP contribution in [0, 0.1) is 6.92 Å². The SMILES string of the molecule is CNC(=O)c1sc2ccccc2c1[C@H]1CN(Cc2cnc(C)s2)CCO1. The molecule has 1 saturated heterocycles. The summed E-state index contributed by atoms with van der Waals surface area (Å²) in [5, 5.41) is 4.99. The molecule has 26 heavy (non-hydrogen) atoms. The number of carbonyl (C=O) groups excluding carboxylic acids is 1. The van der Waals surface area contributed by atoms with E-state index < -0.39 is 0 Å². The molecule has 0 aliphatic carbocycles. The number of benzene rings is 1. The molecule has 3 heterocycles. The van der Waals surface area contributed by atoms with Crippen LogP contribution in [0.1, 0.15) is 31.2 Å². The second-order valence-corrected chi connectivity index (χ2v) is 8.73. The van der Waals surface area contributed by atoms with Crippen molar-refractivity contribution in [3.8, 4) is 0 Å². The second kappa shape index (κ2) is 7.44. The largest absolute Gasteiger partial charge is 0.371 e. The minimum absolute atomic E-state index is 0.0417. The number of aromatic nitrogens is 1. The number of thiazole rings is 1. The third-order valence-corrected chi connectivity index (χ3v) is 6.67. The summed E-state index contributed by atoms with van der Waals surface area (Å²) in [7, 11) is 1.68. The number of hydrogen-bond acceptors (Lipinski definition) is 6. The van der Waals surface area contributed by atoms with Gasteiger partial charge in [-0.25, -0.2) is 4.98 Å². The number of amides is 1. The smallest absolute Gasteiger partial charge is 0.261 e. The molecule has 1 N–H and O–H groups in total. The average molecular weight is 388 g/mol. The Hall–Kier alpha value is -1.80. The van der Waals surface area contributed by atoms with Gasteiger partial charge in [-0.1, -0.05) is 18.2 Å². The van der Waals surface area contributed by atoms with Crippen LogP contribution in [0.15, 0.2) is 30.5 Å². The fraction of sp³-hybridized carbons (Fsp3) is 0.368. The zero-order valence-electron chi connectivity index (χ0n) is 14.8. The van der Waals surface area contributed by atoms with Crippen LogP contribution in [-0.2, 0) is 11.3 Å². The van der Waals surface area contributed by atoms with Gasteiger partial charge in [0.1, 0.15) is 0 Å². The van der Waals surface area contributed by atoms with Crippen LogP contribution in [0.2, 0.25) is 0 Å². The Balaban J connectivity index is 1.64. The fourth-order valence-electron chi connectivity index (χ4n) is 3.39. The normalized spacial score (nSPS) is 18.3. The summed E-state index contributed by atoms with van der Waals surface area (Å²) in [4.78, 5) is 21.2. The van der Waals surface area contributed by atoms with Gasteiger partial charge in [-0.05, 0) is 18.4 Å². The molecule has 4 rings (SSSR count). The molecule has 136 valence electrons. The summed E-state index contributed by atoms with van der Waals surface area (Å²) in [5.41, 5.74) is 1.02. The van der Waals surface area contributed by atoms with E-state index in [-0.39, 0.29) is 12.0 Å². The molecular weight excluding hydrogens is 366 g/mol. The number of rotatable bonds is 4. The van der Waals surface area contributed by atoms with Crippen LogP contribution in [0.5, 0.6) is 0 Å². The summed E-state index contributed by atoms with van der Waals surface area (Å²) in [6.07, 6.45) is 1.86. The predicted octanol–water partition coefficient (Wildman–Crippen LogP) is 3.60. The van der Waals surface area contributed by atoms with Gasteiger partial charge in [0.15, 0.2) is 0 Å². The average Bonchev–Trinajstić information content (AvgIpc) is 3.24. The first-order valence-corrected chi connectivity index (χ1v) is 10.3. The summed E-state index contributed by atoms with van der Waals surface area (Å²) < 4.78 is 7.24. The van der Waals surface area contributed by atoms with Gasteiger partial charge in [0.2, 0.25) is 0 Å². The van der Waals surface area contributed by atoms with Gasteiger partial charge in [-0.3, -0.25) is 9.69 Å². The highest BCUT2D eigenvalue weighted by atomic mass is 32.1. The van der Waals surface area contributed by atoms with E-state index in [0.29, 0.717) is 6.61 Å². The molecule has 5 nitrogen and oxygen atoms in total. The van der Waals surface area contributed by atoms with Crippen LogP contribution in [-0.4, -0.2) is 42.5 Å². The lowest BCUT2D eigenvalue weighted by molar-refractivity contribution is -0.0320. The van der Waals surface area contributed by atoms with E-state index in [0.717, 1.165) is 45.2 Å². The van der Waals surface area contributed by atoms with E-state index >= 15 is 0 Å². The molecule has 0 bridgehead atoms. The Morgan fingerprint density at radius 2 is 2.23 bits per heavy atom. The van der Waals surface area contributed by atoms with Crippen molar-refractivity contribution < 1.29 is 9.53 Å². The number of hydrogen-bond donors (Lipinski definition) is 1. The predicted molar refractivity (Wildman–Crippen MR) is 106 cm³/mol. The third kappa shape index (κ3) is 3.40. The lowest BCUT2D eigenvalue weighted by Crippen LogP contribution is -2.38. The maximum atomic E-state index is 12.4. The van der Waals surface area contributed by atoms with Crippen LogP contribution in [0.3, 0.4) is 0 Å². The molecular formula is C19H21N3O2S2. The number of nitrogens with one attached hydrogen (secondary N) is 1. The van der Waals surface area contributed by atoms with Crippen LogP contribution >= 0.6 is 22.7 Å². The molecule has 0 unspecified atom stereocenters. The van der Waals surface area contributed by atoms with Gasteiger partial charge < -0.3 is 10.1 Å².